The molecular formula is C22H22ClN3O4S. The standard InChI is InChI=1S/C22H22ClN3O4S/c23-18-11-17(19-3-1-2-8-25-19)20(9-15(18)12-24)26-31(29,30)21-10-14(22(27)28)6-7-16(21)13-4-5-13/h6-7,9-11,13,19,25-26H,1-5,8H2,(H,27,28). The number of hydrogen-bond acceptors (Lipinski definition) is 5. The van der Waals surface area contributed by atoms with Crippen molar-refractivity contribution in [2.45, 2.75) is 49.0 Å². The number of halogens is 1. The number of anilines is 1. The first-order chi connectivity index (χ1) is 14.8. The van der Waals surface area contributed by atoms with Crippen molar-refractivity contribution in [2.24, 2.45) is 0 Å². The second-order valence-corrected chi connectivity index (χ2v) is 10.0. The summed E-state index contributed by atoms with van der Waals surface area (Å²) in [5.74, 6) is -1.09. The molecule has 2 fully saturated rings. The molecule has 7 nitrogen and oxygen atoms in total. The van der Waals surface area contributed by atoms with Gasteiger partial charge in [0.25, 0.3) is 10.0 Å². The van der Waals surface area contributed by atoms with E-state index in [-0.39, 0.29) is 38.7 Å². The van der Waals surface area contributed by atoms with Gasteiger partial charge in [-0.05, 0) is 73.5 Å². The van der Waals surface area contributed by atoms with Crippen LogP contribution in [0.25, 0.3) is 0 Å². The van der Waals surface area contributed by atoms with Gasteiger partial charge in [-0.1, -0.05) is 24.1 Å². The van der Waals surface area contributed by atoms with Crippen molar-refractivity contribution in [2.75, 3.05) is 11.3 Å². The van der Waals surface area contributed by atoms with Crippen molar-refractivity contribution in [3.8, 4) is 6.07 Å². The number of piperidine rings is 1. The molecule has 0 amide bonds. The Morgan fingerprint density at radius 2 is 1.94 bits per heavy atom. The van der Waals surface area contributed by atoms with E-state index in [1.54, 1.807) is 12.1 Å². The molecule has 0 aromatic heterocycles. The SMILES string of the molecule is N#Cc1cc(NS(=O)(=O)c2cc(C(=O)O)ccc2C2CC2)c(C2CCCCN2)cc1Cl. The van der Waals surface area contributed by atoms with E-state index >= 15 is 0 Å². The Morgan fingerprint density at radius 1 is 1.16 bits per heavy atom. The normalized spacial score (nSPS) is 18.9. The summed E-state index contributed by atoms with van der Waals surface area (Å²) in [6.07, 6.45) is 4.58. The molecule has 1 aliphatic carbocycles. The summed E-state index contributed by atoms with van der Waals surface area (Å²) in [4.78, 5) is 11.4. The fraction of sp³-hybridized carbons (Fsp3) is 0.364. The van der Waals surface area contributed by atoms with Gasteiger partial charge in [-0.2, -0.15) is 5.26 Å². The third-order valence-corrected chi connectivity index (χ3v) is 7.49. The third-order valence-electron chi connectivity index (χ3n) is 5.76. The first-order valence-corrected chi connectivity index (χ1v) is 12.0. The van der Waals surface area contributed by atoms with Crippen molar-refractivity contribution in [1.82, 2.24) is 5.32 Å². The van der Waals surface area contributed by atoms with Gasteiger partial charge in [0.2, 0.25) is 0 Å². The van der Waals surface area contributed by atoms with Crippen LogP contribution in [0.15, 0.2) is 35.2 Å². The van der Waals surface area contributed by atoms with Crippen LogP contribution in [0.5, 0.6) is 0 Å². The number of rotatable bonds is 6. The molecule has 4 rings (SSSR count). The van der Waals surface area contributed by atoms with E-state index in [0.717, 1.165) is 38.6 Å². The fourth-order valence-corrected chi connectivity index (χ4v) is 5.62. The molecule has 2 aromatic rings. The van der Waals surface area contributed by atoms with Crippen LogP contribution in [0.4, 0.5) is 5.69 Å². The molecule has 162 valence electrons. The van der Waals surface area contributed by atoms with Crippen LogP contribution < -0.4 is 10.0 Å². The Balaban J connectivity index is 1.79. The number of hydrogen-bond donors (Lipinski definition) is 3. The molecule has 2 aliphatic rings. The number of benzene rings is 2. The quantitative estimate of drug-likeness (QED) is 0.588. The average Bonchev–Trinajstić information content (AvgIpc) is 3.60. The average molecular weight is 460 g/mol. The van der Waals surface area contributed by atoms with Crippen LogP contribution in [0.3, 0.4) is 0 Å². The van der Waals surface area contributed by atoms with E-state index in [0.29, 0.717) is 11.1 Å². The topological polar surface area (TPSA) is 119 Å². The van der Waals surface area contributed by atoms with Gasteiger partial charge in [-0.25, -0.2) is 13.2 Å². The second kappa shape index (κ2) is 8.50. The maximum atomic E-state index is 13.4. The summed E-state index contributed by atoms with van der Waals surface area (Å²) in [6, 6.07) is 9.21. The lowest BCUT2D eigenvalue weighted by Crippen LogP contribution is -2.28. The summed E-state index contributed by atoms with van der Waals surface area (Å²) < 4.78 is 29.4. The lowest BCUT2D eigenvalue weighted by molar-refractivity contribution is 0.0696. The van der Waals surface area contributed by atoms with Gasteiger partial charge >= 0.3 is 5.97 Å². The molecule has 0 spiro atoms. The van der Waals surface area contributed by atoms with Crippen molar-refractivity contribution >= 4 is 33.3 Å². The van der Waals surface area contributed by atoms with Crippen LogP contribution >= 0.6 is 11.6 Å². The van der Waals surface area contributed by atoms with Crippen LogP contribution in [0.1, 0.15) is 71.1 Å². The second-order valence-electron chi connectivity index (χ2n) is 7.97. The molecule has 3 N–H and O–H groups in total. The molecule has 9 heteroatoms. The van der Waals surface area contributed by atoms with E-state index in [9.17, 15) is 23.6 Å². The Bertz CT molecular complexity index is 1180. The van der Waals surface area contributed by atoms with Crippen molar-refractivity contribution < 1.29 is 18.3 Å². The summed E-state index contributed by atoms with van der Waals surface area (Å²) in [5, 5.41) is 22.4. The molecule has 1 unspecified atom stereocenters. The number of carboxylic acids is 1. The molecule has 0 bridgehead atoms. The minimum Gasteiger partial charge on any atom is -0.478 e. The number of carboxylic acid groups (broad SMARTS) is 1. The molecule has 1 atom stereocenters. The number of nitriles is 1. The zero-order valence-electron chi connectivity index (χ0n) is 16.7. The van der Waals surface area contributed by atoms with Gasteiger partial charge in [0.15, 0.2) is 0 Å². The highest BCUT2D eigenvalue weighted by Crippen LogP contribution is 2.44. The zero-order chi connectivity index (χ0) is 22.2. The molecular weight excluding hydrogens is 438 g/mol. The molecule has 0 radical (unpaired) electrons. The highest BCUT2D eigenvalue weighted by Gasteiger charge is 2.32. The monoisotopic (exact) mass is 459 g/mol. The molecule has 1 aliphatic heterocycles. The van der Waals surface area contributed by atoms with Crippen molar-refractivity contribution in [1.29, 1.82) is 5.26 Å². The lowest BCUT2D eigenvalue weighted by Gasteiger charge is -2.26. The minimum absolute atomic E-state index is 0.0362. The van der Waals surface area contributed by atoms with Gasteiger partial charge in [0.05, 0.1) is 26.7 Å². The van der Waals surface area contributed by atoms with Gasteiger partial charge in [-0.15, -0.1) is 0 Å². The largest absolute Gasteiger partial charge is 0.478 e. The summed E-state index contributed by atoms with van der Waals surface area (Å²) in [5.41, 5.74) is 1.65. The predicted molar refractivity (Wildman–Crippen MR) is 117 cm³/mol. The van der Waals surface area contributed by atoms with Crippen LogP contribution in [0.2, 0.25) is 5.02 Å². The summed E-state index contributed by atoms with van der Waals surface area (Å²) in [6.45, 7) is 0.807. The Hall–Kier alpha value is -2.60. The minimum atomic E-state index is -4.10. The van der Waals surface area contributed by atoms with Gasteiger partial charge in [-0.3, -0.25) is 4.72 Å². The number of aromatic carboxylic acids is 1. The van der Waals surface area contributed by atoms with E-state index in [1.165, 1.54) is 18.2 Å². The third kappa shape index (κ3) is 4.54. The molecule has 2 aromatic carbocycles. The number of sulfonamides is 1. The van der Waals surface area contributed by atoms with Crippen molar-refractivity contribution in [3.63, 3.8) is 0 Å². The Kier molecular flexibility index (Phi) is 5.93. The fourth-order valence-electron chi connectivity index (χ4n) is 4.00. The highest BCUT2D eigenvalue weighted by molar-refractivity contribution is 7.92. The Labute approximate surface area is 186 Å². The first kappa shape index (κ1) is 21.6. The number of nitrogens with one attached hydrogen (secondary N) is 2. The van der Waals surface area contributed by atoms with E-state index in [1.807, 2.05) is 6.07 Å². The van der Waals surface area contributed by atoms with Gasteiger partial charge in [0, 0.05) is 6.04 Å². The van der Waals surface area contributed by atoms with E-state index in [2.05, 4.69) is 10.0 Å². The van der Waals surface area contributed by atoms with E-state index in [4.69, 9.17) is 11.6 Å². The van der Waals surface area contributed by atoms with Gasteiger partial charge in [0.1, 0.15) is 6.07 Å². The van der Waals surface area contributed by atoms with Crippen LogP contribution in [-0.2, 0) is 10.0 Å². The van der Waals surface area contributed by atoms with Crippen LogP contribution in [0, 0.1) is 11.3 Å². The summed E-state index contributed by atoms with van der Waals surface area (Å²) >= 11 is 6.25. The number of carbonyl (C=O) groups is 1. The van der Waals surface area contributed by atoms with Crippen LogP contribution in [-0.4, -0.2) is 26.0 Å². The molecule has 1 saturated heterocycles. The maximum Gasteiger partial charge on any atom is 0.335 e. The summed E-state index contributed by atoms with van der Waals surface area (Å²) in [7, 11) is -4.10. The predicted octanol–water partition coefficient (Wildman–Crippen LogP) is 4.40. The van der Waals surface area contributed by atoms with Gasteiger partial charge < -0.3 is 10.4 Å². The zero-order valence-corrected chi connectivity index (χ0v) is 18.3. The van der Waals surface area contributed by atoms with E-state index < -0.39 is 16.0 Å². The number of nitrogens with zero attached hydrogens (tertiary/aromatic N) is 1. The molecule has 1 heterocycles. The molecule has 31 heavy (non-hydrogen) atoms. The van der Waals surface area contributed by atoms with Crippen molar-refractivity contribution in [3.05, 3.63) is 57.6 Å². The maximum absolute atomic E-state index is 13.4. The highest BCUT2D eigenvalue weighted by atomic mass is 35.5. The lowest BCUT2D eigenvalue weighted by atomic mass is 9.95. The first-order valence-electron chi connectivity index (χ1n) is 10.2. The smallest absolute Gasteiger partial charge is 0.335 e. The molecule has 1 saturated carbocycles. The Morgan fingerprint density at radius 3 is 2.55 bits per heavy atom.